The number of guanidine groups is 1. The summed E-state index contributed by atoms with van der Waals surface area (Å²) in [6, 6.07) is -0.735. The van der Waals surface area contributed by atoms with Crippen molar-refractivity contribution in [1.82, 2.24) is 15.5 Å². The lowest BCUT2D eigenvalue weighted by atomic mass is 10.0. The number of rotatable bonds is 32. The summed E-state index contributed by atoms with van der Waals surface area (Å²) in [4.78, 5) is 27.4. The molecule has 0 aromatic carbocycles. The maximum absolute atomic E-state index is 13.1. The van der Waals surface area contributed by atoms with Crippen LogP contribution in [0.4, 0.5) is 0 Å². The Hall–Kier alpha value is -1.83. The molecule has 0 fully saturated rings. The smallest absolute Gasteiger partial charge is 0.241 e. The van der Waals surface area contributed by atoms with E-state index in [4.69, 9.17) is 16.9 Å². The molecule has 0 aliphatic carbocycles. The van der Waals surface area contributed by atoms with E-state index in [2.05, 4.69) is 24.5 Å². The van der Waals surface area contributed by atoms with Crippen molar-refractivity contribution < 1.29 is 9.59 Å². The molecule has 0 aromatic heterocycles. The second-order valence-electron chi connectivity index (χ2n) is 12.6. The van der Waals surface area contributed by atoms with E-state index >= 15 is 0 Å². The number of carbonyl (C=O) groups excluding carboxylic acids is 2. The van der Waals surface area contributed by atoms with Crippen molar-refractivity contribution >= 4 is 17.8 Å². The normalized spacial score (nSPS) is 11.8. The molecule has 1 atom stereocenters. The second kappa shape index (κ2) is 31.6. The van der Waals surface area contributed by atoms with Crippen LogP contribution in [-0.2, 0) is 9.59 Å². The van der Waals surface area contributed by atoms with Crippen LogP contribution in [0.5, 0.6) is 0 Å². The summed E-state index contributed by atoms with van der Waals surface area (Å²) >= 11 is 0. The molecule has 0 aliphatic heterocycles. The molecule has 0 saturated carbocycles. The molecule has 254 valence electrons. The second-order valence-corrected chi connectivity index (χ2v) is 12.6. The molecule has 0 spiro atoms. The molecule has 2 amide bonds. The highest BCUT2D eigenvalue weighted by Crippen LogP contribution is 2.14. The Kier molecular flexibility index (Phi) is 30.2. The third kappa shape index (κ3) is 28.7. The molecule has 8 nitrogen and oxygen atoms in total. The Morgan fingerprint density at radius 2 is 0.953 bits per heavy atom. The minimum absolute atomic E-state index is 0.0107. The number of hydrogen-bond donors (Lipinski definition) is 5. The zero-order valence-electron chi connectivity index (χ0n) is 28.5. The van der Waals surface area contributed by atoms with Gasteiger partial charge in [0, 0.05) is 19.6 Å². The topological polar surface area (TPSA) is 137 Å². The van der Waals surface area contributed by atoms with E-state index in [1.807, 2.05) is 4.90 Å². The van der Waals surface area contributed by atoms with Gasteiger partial charge >= 0.3 is 0 Å². The van der Waals surface area contributed by atoms with Crippen molar-refractivity contribution in [1.29, 1.82) is 5.41 Å². The number of hydrogen-bond acceptors (Lipinski definition) is 4. The van der Waals surface area contributed by atoms with Gasteiger partial charge in [0.2, 0.25) is 11.8 Å². The fourth-order valence-corrected chi connectivity index (χ4v) is 5.55. The summed E-state index contributed by atoms with van der Waals surface area (Å²) in [7, 11) is 0. The van der Waals surface area contributed by atoms with E-state index in [0.717, 1.165) is 38.8 Å². The average Bonchev–Trinajstić information content (AvgIpc) is 2.99. The summed E-state index contributed by atoms with van der Waals surface area (Å²) in [5, 5.41) is 12.6. The molecule has 0 aromatic rings. The first kappa shape index (κ1) is 41.2. The minimum Gasteiger partial charge on any atom is -0.370 e. The van der Waals surface area contributed by atoms with Gasteiger partial charge in [-0.3, -0.25) is 15.0 Å². The van der Waals surface area contributed by atoms with Gasteiger partial charge in [-0.2, -0.15) is 0 Å². The Morgan fingerprint density at radius 3 is 1.30 bits per heavy atom. The number of unbranched alkanes of at least 4 members (excludes halogenated alkanes) is 22. The molecule has 0 aliphatic rings. The van der Waals surface area contributed by atoms with E-state index in [-0.39, 0.29) is 24.3 Å². The van der Waals surface area contributed by atoms with E-state index in [1.165, 1.54) is 128 Å². The molecule has 0 saturated heterocycles. The SMILES string of the molecule is CCCCCCCCCCCCCCN(CCCCCCCCCCCCCC)C(=O)CNC(=O)C(N)CCNC(=N)N. The predicted octanol–water partition coefficient (Wildman–Crippen LogP) is 7.53. The number of nitrogens with one attached hydrogen (secondary N) is 3. The zero-order chi connectivity index (χ0) is 31.8. The van der Waals surface area contributed by atoms with Gasteiger partial charge < -0.3 is 27.0 Å². The van der Waals surface area contributed by atoms with Crippen LogP contribution in [0.25, 0.3) is 0 Å². The fraction of sp³-hybridized carbons (Fsp3) is 0.914. The summed E-state index contributed by atoms with van der Waals surface area (Å²) in [6.07, 6.45) is 31.5. The molecule has 8 heteroatoms. The zero-order valence-corrected chi connectivity index (χ0v) is 28.5. The van der Waals surface area contributed by atoms with Gasteiger partial charge in [0.1, 0.15) is 0 Å². The lowest BCUT2D eigenvalue weighted by Crippen LogP contribution is -2.47. The van der Waals surface area contributed by atoms with Crippen molar-refractivity contribution in [2.45, 2.75) is 180 Å². The van der Waals surface area contributed by atoms with E-state index in [9.17, 15) is 9.59 Å². The monoisotopic (exact) mass is 609 g/mol. The average molecular weight is 609 g/mol. The quantitative estimate of drug-likeness (QED) is 0.0305. The molecular formula is C35H72N6O2. The fourth-order valence-electron chi connectivity index (χ4n) is 5.55. The lowest BCUT2D eigenvalue weighted by molar-refractivity contribution is -0.133. The Labute approximate surface area is 266 Å². The minimum atomic E-state index is -0.735. The first-order valence-corrected chi connectivity index (χ1v) is 18.3. The van der Waals surface area contributed by atoms with Gasteiger partial charge in [-0.05, 0) is 19.3 Å². The Bertz CT molecular complexity index is 632. The van der Waals surface area contributed by atoms with Crippen LogP contribution < -0.4 is 22.1 Å². The van der Waals surface area contributed by atoms with Crippen LogP contribution in [0.1, 0.15) is 174 Å². The van der Waals surface area contributed by atoms with Crippen LogP contribution in [-0.4, -0.2) is 54.9 Å². The van der Waals surface area contributed by atoms with Crippen molar-refractivity contribution in [2.75, 3.05) is 26.2 Å². The molecule has 0 heterocycles. The summed E-state index contributed by atoms with van der Waals surface area (Å²) < 4.78 is 0. The number of nitrogens with two attached hydrogens (primary N) is 2. The summed E-state index contributed by atoms with van der Waals surface area (Å²) in [5.74, 6) is -0.503. The highest BCUT2D eigenvalue weighted by molar-refractivity contribution is 5.87. The Morgan fingerprint density at radius 1 is 0.605 bits per heavy atom. The first-order chi connectivity index (χ1) is 20.9. The Balaban J connectivity index is 4.30. The molecule has 1 unspecified atom stereocenters. The van der Waals surface area contributed by atoms with Gasteiger partial charge in [-0.1, -0.05) is 155 Å². The third-order valence-corrected chi connectivity index (χ3v) is 8.44. The third-order valence-electron chi connectivity index (χ3n) is 8.44. The van der Waals surface area contributed by atoms with Gasteiger partial charge in [-0.25, -0.2) is 0 Å². The van der Waals surface area contributed by atoms with E-state index in [1.54, 1.807) is 0 Å². The molecule has 7 N–H and O–H groups in total. The van der Waals surface area contributed by atoms with Crippen molar-refractivity contribution in [3.05, 3.63) is 0 Å². The largest absolute Gasteiger partial charge is 0.370 e. The van der Waals surface area contributed by atoms with Crippen LogP contribution >= 0.6 is 0 Å². The standard InChI is InChI=1S/C35H72N6O2/c1-3-5-7-9-11-13-15-17-19-21-23-25-29-41(30-26-24-22-20-18-16-14-12-10-8-6-4-2)33(42)31-40-34(43)32(36)27-28-39-35(37)38/h32H,3-31,36H2,1-2H3,(H,40,43)(H4,37,38,39). The molecular weight excluding hydrogens is 536 g/mol. The van der Waals surface area contributed by atoms with Crippen LogP contribution in [0.2, 0.25) is 0 Å². The van der Waals surface area contributed by atoms with Crippen LogP contribution in [0.3, 0.4) is 0 Å². The van der Waals surface area contributed by atoms with Crippen molar-refractivity contribution in [3.63, 3.8) is 0 Å². The van der Waals surface area contributed by atoms with Gasteiger partial charge in [0.25, 0.3) is 0 Å². The van der Waals surface area contributed by atoms with Crippen LogP contribution in [0.15, 0.2) is 0 Å². The number of nitrogens with zero attached hydrogens (tertiary/aromatic N) is 1. The summed E-state index contributed by atoms with van der Waals surface area (Å²) in [5.41, 5.74) is 11.2. The van der Waals surface area contributed by atoms with Crippen molar-refractivity contribution in [2.24, 2.45) is 11.5 Å². The maximum atomic E-state index is 13.1. The predicted molar refractivity (Wildman–Crippen MR) is 184 cm³/mol. The molecule has 0 radical (unpaired) electrons. The lowest BCUT2D eigenvalue weighted by Gasteiger charge is -2.23. The number of carbonyl (C=O) groups is 2. The maximum Gasteiger partial charge on any atom is 0.241 e. The van der Waals surface area contributed by atoms with Gasteiger partial charge in [0.15, 0.2) is 5.96 Å². The summed E-state index contributed by atoms with van der Waals surface area (Å²) in [6.45, 7) is 6.40. The highest BCUT2D eigenvalue weighted by Gasteiger charge is 2.17. The molecule has 43 heavy (non-hydrogen) atoms. The van der Waals surface area contributed by atoms with E-state index in [0.29, 0.717) is 13.0 Å². The molecule has 0 bridgehead atoms. The van der Waals surface area contributed by atoms with Crippen LogP contribution in [0, 0.1) is 5.41 Å². The van der Waals surface area contributed by atoms with Crippen molar-refractivity contribution in [3.8, 4) is 0 Å². The van der Waals surface area contributed by atoms with E-state index < -0.39 is 6.04 Å². The van der Waals surface area contributed by atoms with Gasteiger partial charge in [0.05, 0.1) is 12.6 Å². The molecule has 0 rings (SSSR count). The highest BCUT2D eigenvalue weighted by atomic mass is 16.2. The van der Waals surface area contributed by atoms with Gasteiger partial charge in [-0.15, -0.1) is 0 Å². The number of amides is 2. The first-order valence-electron chi connectivity index (χ1n) is 18.3.